The molecular weight excluding hydrogens is 123 g/mol. The Morgan fingerprint density at radius 3 is 2.57 bits per heavy atom. The molecule has 0 rings (SSSR count). The summed E-state index contributed by atoms with van der Waals surface area (Å²) < 4.78 is 0. The fraction of sp³-hybridized carbons (Fsp3) is 1.00. The zero-order valence-electron chi connectivity index (χ0n) is 4.81. The molecule has 0 spiro atoms. The maximum absolute atomic E-state index is 2.67. The van der Waals surface area contributed by atoms with Crippen LogP contribution in [0.5, 0.6) is 0 Å². The Morgan fingerprint density at radius 1 is 1.43 bits per heavy atom. The summed E-state index contributed by atoms with van der Waals surface area (Å²) in [6.45, 7) is 2.23. The highest BCUT2D eigenvalue weighted by atomic mass is 32.7. The fourth-order valence-corrected chi connectivity index (χ4v) is 1.31. The van der Waals surface area contributed by atoms with Gasteiger partial charge in [-0.15, -0.1) is 11.4 Å². The third-order valence-corrected chi connectivity index (χ3v) is 2.10. The van der Waals surface area contributed by atoms with Crippen LogP contribution in [0.3, 0.4) is 0 Å². The van der Waals surface area contributed by atoms with Gasteiger partial charge in [0.05, 0.1) is 0 Å². The van der Waals surface area contributed by atoms with Crippen LogP contribution in [-0.4, -0.2) is 5.75 Å². The van der Waals surface area contributed by atoms with E-state index in [4.69, 9.17) is 0 Å². The van der Waals surface area contributed by atoms with Gasteiger partial charge in [-0.25, -0.2) is 0 Å². The SMILES string of the molecule is CCCCCSP. The van der Waals surface area contributed by atoms with Crippen molar-refractivity contribution in [2.24, 2.45) is 0 Å². The van der Waals surface area contributed by atoms with E-state index in [0.717, 1.165) is 0 Å². The molecule has 0 saturated carbocycles. The summed E-state index contributed by atoms with van der Waals surface area (Å²) in [5, 5.41) is 0. The molecule has 2 heteroatoms. The van der Waals surface area contributed by atoms with Gasteiger partial charge in [0.1, 0.15) is 0 Å². The van der Waals surface area contributed by atoms with Crippen LogP contribution >= 0.6 is 19.8 Å². The van der Waals surface area contributed by atoms with Gasteiger partial charge in [0.25, 0.3) is 0 Å². The van der Waals surface area contributed by atoms with Gasteiger partial charge < -0.3 is 0 Å². The van der Waals surface area contributed by atoms with Crippen LogP contribution in [0.4, 0.5) is 0 Å². The first-order valence-electron chi connectivity index (χ1n) is 2.73. The number of hydrogen-bond donors (Lipinski definition) is 0. The van der Waals surface area contributed by atoms with E-state index in [1.54, 1.807) is 0 Å². The van der Waals surface area contributed by atoms with Crippen molar-refractivity contribution in [3.8, 4) is 0 Å². The largest absolute Gasteiger partial charge is 0.141 e. The van der Waals surface area contributed by atoms with E-state index < -0.39 is 0 Å². The van der Waals surface area contributed by atoms with Crippen LogP contribution in [0.1, 0.15) is 26.2 Å². The highest BCUT2D eigenvalue weighted by Gasteiger charge is 1.80. The summed E-state index contributed by atoms with van der Waals surface area (Å²) in [4.78, 5) is 0. The molecule has 0 aromatic carbocycles. The highest BCUT2D eigenvalue weighted by molar-refractivity contribution is 8.43. The lowest BCUT2D eigenvalue weighted by atomic mass is 10.3. The molecule has 1 unspecified atom stereocenters. The Kier molecular flexibility index (Phi) is 7.54. The molecule has 0 saturated heterocycles. The Morgan fingerprint density at radius 2 is 2.14 bits per heavy atom. The lowest BCUT2D eigenvalue weighted by Crippen LogP contribution is -1.73. The van der Waals surface area contributed by atoms with Crippen molar-refractivity contribution in [2.75, 3.05) is 5.75 Å². The topological polar surface area (TPSA) is 0 Å². The lowest BCUT2D eigenvalue weighted by molar-refractivity contribution is 0.780. The lowest BCUT2D eigenvalue weighted by Gasteiger charge is -1.90. The van der Waals surface area contributed by atoms with Crippen LogP contribution in [0.15, 0.2) is 0 Å². The average Bonchev–Trinajstić information content (AvgIpc) is 1.69. The minimum atomic E-state index is 1.30. The quantitative estimate of drug-likeness (QED) is 0.423. The highest BCUT2D eigenvalue weighted by Crippen LogP contribution is 2.12. The van der Waals surface area contributed by atoms with Crippen LogP contribution in [0.25, 0.3) is 0 Å². The summed E-state index contributed by atoms with van der Waals surface area (Å²) in [6, 6.07) is 0. The molecule has 0 heterocycles. The molecule has 0 bridgehead atoms. The summed E-state index contributed by atoms with van der Waals surface area (Å²) in [5.74, 6) is 1.30. The van der Waals surface area contributed by atoms with Gasteiger partial charge in [-0.05, 0) is 12.2 Å². The first-order valence-corrected chi connectivity index (χ1v) is 5.19. The normalized spacial score (nSPS) is 9.43. The smallest absolute Gasteiger partial charge is 0.00310 e. The van der Waals surface area contributed by atoms with Gasteiger partial charge >= 0.3 is 0 Å². The van der Waals surface area contributed by atoms with Crippen molar-refractivity contribution in [2.45, 2.75) is 26.2 Å². The van der Waals surface area contributed by atoms with Crippen molar-refractivity contribution >= 4 is 19.8 Å². The first-order chi connectivity index (χ1) is 3.41. The van der Waals surface area contributed by atoms with Crippen molar-refractivity contribution in [1.82, 2.24) is 0 Å². The standard InChI is InChI=1S/C5H13PS/c1-2-3-4-5-7-6/h2-6H2,1H3. The van der Waals surface area contributed by atoms with Crippen LogP contribution in [-0.2, 0) is 0 Å². The van der Waals surface area contributed by atoms with E-state index in [2.05, 4.69) is 15.4 Å². The predicted molar refractivity (Wildman–Crippen MR) is 41.7 cm³/mol. The molecule has 0 N–H and O–H groups in total. The van der Waals surface area contributed by atoms with Gasteiger partial charge in [0.15, 0.2) is 0 Å². The van der Waals surface area contributed by atoms with E-state index in [0.29, 0.717) is 0 Å². The molecule has 0 aromatic rings. The monoisotopic (exact) mass is 136 g/mol. The number of unbranched alkanes of at least 4 members (excludes halogenated alkanes) is 2. The second kappa shape index (κ2) is 6.78. The van der Waals surface area contributed by atoms with Crippen LogP contribution in [0.2, 0.25) is 0 Å². The maximum atomic E-state index is 2.67. The number of rotatable bonds is 4. The molecule has 7 heavy (non-hydrogen) atoms. The molecule has 0 aliphatic rings. The van der Waals surface area contributed by atoms with Crippen molar-refractivity contribution in [3.63, 3.8) is 0 Å². The van der Waals surface area contributed by atoms with Crippen LogP contribution < -0.4 is 0 Å². The third-order valence-electron chi connectivity index (χ3n) is 0.866. The molecule has 0 nitrogen and oxygen atoms in total. The minimum Gasteiger partial charge on any atom is -0.141 e. The minimum absolute atomic E-state index is 1.30. The summed E-state index contributed by atoms with van der Waals surface area (Å²) in [7, 11) is 2.67. The van der Waals surface area contributed by atoms with Crippen molar-refractivity contribution < 1.29 is 0 Å². The van der Waals surface area contributed by atoms with Gasteiger partial charge in [-0.1, -0.05) is 28.2 Å². The molecule has 0 radical (unpaired) electrons. The van der Waals surface area contributed by atoms with Crippen molar-refractivity contribution in [1.29, 1.82) is 0 Å². The van der Waals surface area contributed by atoms with E-state index in [-0.39, 0.29) is 0 Å². The van der Waals surface area contributed by atoms with Gasteiger partial charge in [-0.2, -0.15) is 0 Å². The second-order valence-corrected chi connectivity index (χ2v) is 3.32. The zero-order chi connectivity index (χ0) is 5.54. The molecule has 0 aromatic heterocycles. The second-order valence-electron chi connectivity index (χ2n) is 1.58. The third kappa shape index (κ3) is 6.78. The van der Waals surface area contributed by atoms with E-state index in [1.165, 1.54) is 25.0 Å². The predicted octanol–water partition coefficient (Wildman–Crippen LogP) is 2.70. The molecule has 0 fully saturated rings. The van der Waals surface area contributed by atoms with Gasteiger partial charge in [-0.3, -0.25) is 0 Å². The molecule has 44 valence electrons. The Labute approximate surface area is 52.4 Å². The maximum Gasteiger partial charge on any atom is -0.00310 e. The number of hydrogen-bond acceptors (Lipinski definition) is 1. The van der Waals surface area contributed by atoms with Gasteiger partial charge in [0.2, 0.25) is 0 Å². The van der Waals surface area contributed by atoms with E-state index in [9.17, 15) is 0 Å². The van der Waals surface area contributed by atoms with E-state index >= 15 is 0 Å². The molecular formula is C5H13PS. The average molecular weight is 136 g/mol. The van der Waals surface area contributed by atoms with Gasteiger partial charge in [0, 0.05) is 0 Å². The zero-order valence-corrected chi connectivity index (χ0v) is 6.79. The Bertz CT molecular complexity index is 27.3. The fourth-order valence-electron chi connectivity index (χ4n) is 0.435. The Hall–Kier alpha value is 0.780. The van der Waals surface area contributed by atoms with Crippen LogP contribution in [0, 0.1) is 0 Å². The summed E-state index contributed by atoms with van der Waals surface area (Å²) in [5.41, 5.74) is 0. The summed E-state index contributed by atoms with van der Waals surface area (Å²) in [6.07, 6.45) is 4.11. The molecule has 0 aliphatic heterocycles. The van der Waals surface area contributed by atoms with Crippen molar-refractivity contribution in [3.05, 3.63) is 0 Å². The molecule has 1 atom stereocenters. The Balaban J connectivity index is 2.45. The van der Waals surface area contributed by atoms with E-state index in [1.807, 2.05) is 11.4 Å². The first kappa shape index (κ1) is 7.78. The molecule has 0 amide bonds. The summed E-state index contributed by atoms with van der Waals surface area (Å²) >= 11 is 1.86. The molecule has 0 aliphatic carbocycles.